The Morgan fingerprint density at radius 3 is 2.60 bits per heavy atom. The van der Waals surface area contributed by atoms with Crippen LogP contribution in [0.1, 0.15) is 35.3 Å². The molecule has 2 saturated heterocycles. The highest BCUT2D eigenvalue weighted by atomic mass is 35.5. The maximum Gasteiger partial charge on any atom is 0.271 e. The van der Waals surface area contributed by atoms with Gasteiger partial charge in [0, 0.05) is 38.4 Å². The molecule has 1 aromatic carbocycles. The van der Waals surface area contributed by atoms with E-state index in [0.29, 0.717) is 25.6 Å². The lowest BCUT2D eigenvalue weighted by Crippen LogP contribution is -2.47. The maximum absolute atomic E-state index is 12.7. The fourth-order valence-electron chi connectivity index (χ4n) is 3.71. The molecule has 1 aromatic heterocycles. The van der Waals surface area contributed by atoms with Gasteiger partial charge in [0.1, 0.15) is 0 Å². The molecule has 0 spiro atoms. The number of anilines is 2. The molecule has 2 aliphatic heterocycles. The average Bonchev–Trinajstić information content (AvgIpc) is 2.79. The molecule has 0 unspecified atom stereocenters. The fourth-order valence-corrected chi connectivity index (χ4v) is 3.89. The first-order valence-electron chi connectivity index (χ1n) is 10.3. The summed E-state index contributed by atoms with van der Waals surface area (Å²) in [4.78, 5) is 37.1. The number of nitrogens with zero attached hydrogens (tertiary/aromatic N) is 4. The molecule has 0 atom stereocenters. The summed E-state index contributed by atoms with van der Waals surface area (Å²) in [6.07, 6.45) is 4.91. The highest BCUT2D eigenvalue weighted by molar-refractivity contribution is 6.33. The first kappa shape index (κ1) is 20.4. The van der Waals surface area contributed by atoms with Crippen LogP contribution in [0.25, 0.3) is 0 Å². The molecule has 3 heterocycles. The lowest BCUT2D eigenvalue weighted by Gasteiger charge is -2.28. The number of aromatic nitrogens is 2. The van der Waals surface area contributed by atoms with E-state index in [1.165, 1.54) is 12.6 Å². The van der Waals surface area contributed by atoms with E-state index in [2.05, 4.69) is 25.5 Å². The Labute approximate surface area is 180 Å². The second-order valence-electron chi connectivity index (χ2n) is 7.53. The van der Waals surface area contributed by atoms with Gasteiger partial charge in [-0.05, 0) is 37.0 Å². The molecule has 2 amide bonds. The number of hydrogen-bond donors (Lipinski definition) is 2. The quantitative estimate of drug-likeness (QED) is 0.756. The van der Waals surface area contributed by atoms with Gasteiger partial charge in [-0.15, -0.1) is 0 Å². The summed E-state index contributed by atoms with van der Waals surface area (Å²) in [5.41, 5.74) is 2.14. The molecular weight excluding hydrogens is 404 g/mol. The van der Waals surface area contributed by atoms with Gasteiger partial charge in [-0.25, -0.2) is 9.97 Å². The zero-order valence-electron chi connectivity index (χ0n) is 16.7. The summed E-state index contributed by atoms with van der Waals surface area (Å²) < 4.78 is 0. The molecule has 4 rings (SSSR count). The predicted octanol–water partition coefficient (Wildman–Crippen LogP) is 1.99. The third-order valence-electron chi connectivity index (χ3n) is 5.38. The van der Waals surface area contributed by atoms with Crippen LogP contribution in [0.3, 0.4) is 0 Å². The summed E-state index contributed by atoms with van der Waals surface area (Å²) in [6, 6.07) is 7.82. The summed E-state index contributed by atoms with van der Waals surface area (Å²) >= 11 is 6.19. The van der Waals surface area contributed by atoms with E-state index in [9.17, 15) is 9.59 Å². The Bertz CT molecular complexity index is 914. The molecule has 0 bridgehead atoms. The van der Waals surface area contributed by atoms with Crippen LogP contribution in [0, 0.1) is 0 Å². The molecule has 2 aromatic rings. The van der Waals surface area contributed by atoms with Crippen LogP contribution in [0.15, 0.2) is 30.5 Å². The lowest BCUT2D eigenvalue weighted by molar-refractivity contribution is -0.120. The van der Waals surface area contributed by atoms with E-state index in [4.69, 9.17) is 11.6 Å². The second kappa shape index (κ2) is 9.30. The standard InChI is InChI=1S/C21H25ClN6O2/c22-17-13-25-21(27-9-2-1-3-10-27)26-19(17)20(30)24-12-15-4-6-16(7-5-15)28-11-8-23-18(29)14-28/h4-7,13H,1-3,8-12,14H2,(H,23,29)(H,24,30). The number of piperidine rings is 1. The first-order chi connectivity index (χ1) is 14.6. The molecule has 2 N–H and O–H groups in total. The molecule has 158 valence electrons. The van der Waals surface area contributed by atoms with Crippen LogP contribution >= 0.6 is 11.6 Å². The number of benzene rings is 1. The van der Waals surface area contributed by atoms with E-state index >= 15 is 0 Å². The van der Waals surface area contributed by atoms with Crippen LogP contribution < -0.4 is 20.4 Å². The van der Waals surface area contributed by atoms with Crippen molar-refractivity contribution >= 4 is 35.1 Å². The Morgan fingerprint density at radius 2 is 1.87 bits per heavy atom. The minimum absolute atomic E-state index is 0.0308. The normalized spacial score (nSPS) is 16.9. The van der Waals surface area contributed by atoms with Gasteiger partial charge < -0.3 is 20.4 Å². The topological polar surface area (TPSA) is 90.5 Å². The van der Waals surface area contributed by atoms with Crippen LogP contribution in [-0.4, -0.2) is 54.5 Å². The fraction of sp³-hybridized carbons (Fsp3) is 0.429. The van der Waals surface area contributed by atoms with Crippen molar-refractivity contribution in [1.82, 2.24) is 20.6 Å². The third kappa shape index (κ3) is 4.81. The molecule has 2 aliphatic rings. The number of piperazine rings is 1. The van der Waals surface area contributed by atoms with Gasteiger partial charge in [0.15, 0.2) is 5.69 Å². The van der Waals surface area contributed by atoms with Gasteiger partial charge in [0.2, 0.25) is 11.9 Å². The Kier molecular flexibility index (Phi) is 6.32. The van der Waals surface area contributed by atoms with Crippen molar-refractivity contribution in [2.24, 2.45) is 0 Å². The van der Waals surface area contributed by atoms with E-state index in [-0.39, 0.29) is 22.5 Å². The van der Waals surface area contributed by atoms with Crippen molar-refractivity contribution in [2.45, 2.75) is 25.8 Å². The number of carbonyl (C=O) groups is 2. The molecule has 0 aliphatic carbocycles. The minimum Gasteiger partial charge on any atom is -0.360 e. The molecule has 0 radical (unpaired) electrons. The van der Waals surface area contributed by atoms with Crippen LogP contribution in [0.4, 0.5) is 11.6 Å². The average molecular weight is 429 g/mol. The van der Waals surface area contributed by atoms with E-state index in [1.807, 2.05) is 29.2 Å². The lowest BCUT2D eigenvalue weighted by atomic mass is 10.1. The largest absolute Gasteiger partial charge is 0.360 e. The van der Waals surface area contributed by atoms with Crippen LogP contribution in [0.2, 0.25) is 5.02 Å². The number of rotatable bonds is 5. The molecule has 9 heteroatoms. The number of hydrogen-bond acceptors (Lipinski definition) is 6. The van der Waals surface area contributed by atoms with Gasteiger partial charge in [0.05, 0.1) is 17.8 Å². The monoisotopic (exact) mass is 428 g/mol. The van der Waals surface area contributed by atoms with E-state index < -0.39 is 0 Å². The number of carbonyl (C=O) groups excluding carboxylic acids is 2. The van der Waals surface area contributed by atoms with E-state index in [1.54, 1.807) is 0 Å². The van der Waals surface area contributed by atoms with E-state index in [0.717, 1.165) is 43.7 Å². The van der Waals surface area contributed by atoms with Crippen molar-refractivity contribution in [3.8, 4) is 0 Å². The van der Waals surface area contributed by atoms with Crippen molar-refractivity contribution in [3.63, 3.8) is 0 Å². The van der Waals surface area contributed by atoms with Crippen molar-refractivity contribution in [2.75, 3.05) is 42.5 Å². The van der Waals surface area contributed by atoms with Gasteiger partial charge in [0.25, 0.3) is 5.91 Å². The Hall–Kier alpha value is -2.87. The van der Waals surface area contributed by atoms with Crippen LogP contribution in [-0.2, 0) is 11.3 Å². The predicted molar refractivity (Wildman–Crippen MR) is 116 cm³/mol. The maximum atomic E-state index is 12.7. The second-order valence-corrected chi connectivity index (χ2v) is 7.94. The summed E-state index contributed by atoms with van der Waals surface area (Å²) in [7, 11) is 0. The highest BCUT2D eigenvalue weighted by Gasteiger charge is 2.19. The number of amides is 2. The Morgan fingerprint density at radius 1 is 1.10 bits per heavy atom. The third-order valence-corrected chi connectivity index (χ3v) is 5.65. The van der Waals surface area contributed by atoms with Crippen molar-refractivity contribution in [1.29, 1.82) is 0 Å². The van der Waals surface area contributed by atoms with Gasteiger partial charge in [-0.3, -0.25) is 9.59 Å². The number of halogens is 1. The summed E-state index contributed by atoms with van der Waals surface area (Å²) in [5, 5.41) is 5.94. The van der Waals surface area contributed by atoms with Gasteiger partial charge in [-0.1, -0.05) is 23.7 Å². The summed E-state index contributed by atoms with van der Waals surface area (Å²) in [5.74, 6) is 0.264. The van der Waals surface area contributed by atoms with Crippen LogP contribution in [0.5, 0.6) is 0 Å². The smallest absolute Gasteiger partial charge is 0.271 e. The first-order valence-corrected chi connectivity index (χ1v) is 10.6. The SMILES string of the molecule is O=C1CN(c2ccc(CNC(=O)c3nc(N4CCCCC4)ncc3Cl)cc2)CCN1. The molecular formula is C21H25ClN6O2. The molecule has 30 heavy (non-hydrogen) atoms. The van der Waals surface area contributed by atoms with Crippen molar-refractivity contribution in [3.05, 3.63) is 46.7 Å². The summed E-state index contributed by atoms with van der Waals surface area (Å²) in [6.45, 7) is 3.95. The van der Waals surface area contributed by atoms with Crippen molar-refractivity contribution < 1.29 is 9.59 Å². The highest BCUT2D eigenvalue weighted by Crippen LogP contribution is 2.20. The van der Waals surface area contributed by atoms with Gasteiger partial charge in [-0.2, -0.15) is 0 Å². The number of nitrogens with one attached hydrogen (secondary N) is 2. The molecule has 2 fully saturated rings. The zero-order valence-corrected chi connectivity index (χ0v) is 17.5. The zero-order chi connectivity index (χ0) is 20.9. The molecule has 8 nitrogen and oxygen atoms in total. The van der Waals surface area contributed by atoms with Gasteiger partial charge >= 0.3 is 0 Å². The molecule has 0 saturated carbocycles. The Balaban J connectivity index is 1.38. The minimum atomic E-state index is -0.322.